The van der Waals surface area contributed by atoms with Gasteiger partial charge in [-0.3, -0.25) is 19.0 Å². The van der Waals surface area contributed by atoms with Gasteiger partial charge in [0.2, 0.25) is 5.91 Å². The van der Waals surface area contributed by atoms with Gasteiger partial charge in [0, 0.05) is 32.2 Å². The molecule has 10 heteroatoms. The number of rotatable bonds is 6. The van der Waals surface area contributed by atoms with E-state index in [1.165, 1.54) is 22.2 Å². The molecule has 3 aromatic rings. The molecule has 0 bridgehead atoms. The van der Waals surface area contributed by atoms with E-state index in [9.17, 15) is 14.4 Å². The second kappa shape index (κ2) is 10.2. The first-order valence-electron chi connectivity index (χ1n) is 10.7. The molecule has 174 valence electrons. The van der Waals surface area contributed by atoms with E-state index in [0.29, 0.717) is 51.4 Å². The van der Waals surface area contributed by atoms with Crippen LogP contribution in [0.5, 0.6) is 0 Å². The fourth-order valence-electron chi connectivity index (χ4n) is 4.05. The quantitative estimate of drug-likeness (QED) is 0.502. The number of hydrogen-bond acceptors (Lipinski definition) is 5. The number of aromatic nitrogens is 2. The van der Waals surface area contributed by atoms with Gasteiger partial charge in [0.05, 0.1) is 21.8 Å². The number of fused-ring (bicyclic) bond motifs is 1. The highest BCUT2D eigenvalue weighted by atomic mass is 35.5. The fourth-order valence-corrected chi connectivity index (χ4v) is 5.07. The highest BCUT2D eigenvalue weighted by Crippen LogP contribution is 2.24. The Morgan fingerprint density at radius 2 is 1.94 bits per heavy atom. The normalized spacial score (nSPS) is 14.6. The molecule has 0 radical (unpaired) electrons. The molecule has 1 aliphatic rings. The Morgan fingerprint density at radius 3 is 2.67 bits per heavy atom. The lowest BCUT2D eigenvalue weighted by Crippen LogP contribution is -2.42. The van der Waals surface area contributed by atoms with Crippen LogP contribution < -0.4 is 5.56 Å². The van der Waals surface area contributed by atoms with Crippen LogP contribution in [0.2, 0.25) is 10.0 Å². The number of likely N-dealkylation sites (tertiary alicyclic amines) is 1. The second-order valence-corrected chi connectivity index (χ2v) is 9.99. The molecule has 2 amide bonds. The lowest BCUT2D eigenvalue weighted by Gasteiger charge is -2.33. The lowest BCUT2D eigenvalue weighted by atomic mass is 9.93. The minimum Gasteiger partial charge on any atom is -0.342 e. The van der Waals surface area contributed by atoms with E-state index in [-0.39, 0.29) is 23.9 Å². The van der Waals surface area contributed by atoms with Crippen molar-refractivity contribution in [1.29, 1.82) is 0 Å². The SMILES string of the molecule is CN(CCC1CCN(C(=O)Cn2cnc3sccc3c2=O)CC1)C(=O)c1ccc(Cl)c(Cl)c1. The van der Waals surface area contributed by atoms with E-state index in [2.05, 4.69) is 4.98 Å². The Balaban J connectivity index is 1.25. The van der Waals surface area contributed by atoms with Crippen molar-refractivity contribution >= 4 is 56.6 Å². The van der Waals surface area contributed by atoms with E-state index in [0.717, 1.165) is 19.3 Å². The number of carbonyl (C=O) groups excluding carboxylic acids is 2. The van der Waals surface area contributed by atoms with Crippen LogP contribution >= 0.6 is 34.5 Å². The summed E-state index contributed by atoms with van der Waals surface area (Å²) >= 11 is 13.4. The highest BCUT2D eigenvalue weighted by Gasteiger charge is 2.24. The molecule has 0 unspecified atom stereocenters. The van der Waals surface area contributed by atoms with Crippen molar-refractivity contribution in [2.75, 3.05) is 26.7 Å². The third-order valence-electron chi connectivity index (χ3n) is 6.11. The van der Waals surface area contributed by atoms with Gasteiger partial charge >= 0.3 is 0 Å². The summed E-state index contributed by atoms with van der Waals surface area (Å²) in [4.78, 5) is 46.3. The first kappa shape index (κ1) is 23.7. The van der Waals surface area contributed by atoms with Crippen LogP contribution in [0.4, 0.5) is 0 Å². The predicted octanol–water partition coefficient (Wildman–Crippen LogP) is 4.17. The number of carbonyl (C=O) groups is 2. The molecule has 0 atom stereocenters. The van der Waals surface area contributed by atoms with Crippen LogP contribution in [0.15, 0.2) is 40.8 Å². The number of halogens is 2. The van der Waals surface area contributed by atoms with Crippen molar-refractivity contribution in [1.82, 2.24) is 19.4 Å². The van der Waals surface area contributed by atoms with Crippen molar-refractivity contribution in [3.63, 3.8) is 0 Å². The Kier molecular flexibility index (Phi) is 7.36. The Labute approximate surface area is 205 Å². The van der Waals surface area contributed by atoms with Crippen molar-refractivity contribution < 1.29 is 9.59 Å². The topological polar surface area (TPSA) is 75.5 Å². The number of benzene rings is 1. The summed E-state index contributed by atoms with van der Waals surface area (Å²) in [6, 6.07) is 6.63. The van der Waals surface area contributed by atoms with E-state index < -0.39 is 0 Å². The molecular formula is C23H24Cl2N4O3S. The van der Waals surface area contributed by atoms with Gasteiger partial charge in [-0.15, -0.1) is 11.3 Å². The van der Waals surface area contributed by atoms with Gasteiger partial charge in [0.15, 0.2) is 0 Å². The predicted molar refractivity (Wildman–Crippen MR) is 131 cm³/mol. The average molecular weight is 507 g/mol. The summed E-state index contributed by atoms with van der Waals surface area (Å²) in [6.45, 7) is 1.93. The molecule has 4 rings (SSSR count). The van der Waals surface area contributed by atoms with Gasteiger partial charge in [-0.05, 0) is 54.8 Å². The standard InChI is InChI=1S/C23H24Cl2N4O3S/c1-27(22(31)16-2-3-18(24)19(25)12-16)8-4-15-5-9-28(10-6-15)20(30)13-29-14-26-21-17(23(29)32)7-11-33-21/h2-3,7,11-12,14-15H,4-6,8-10,13H2,1H3. The van der Waals surface area contributed by atoms with Gasteiger partial charge < -0.3 is 9.80 Å². The molecular weight excluding hydrogens is 483 g/mol. The zero-order chi connectivity index (χ0) is 23.5. The minimum absolute atomic E-state index is 0.00315. The van der Waals surface area contributed by atoms with E-state index >= 15 is 0 Å². The maximum atomic E-state index is 12.7. The van der Waals surface area contributed by atoms with Crippen molar-refractivity contribution in [2.24, 2.45) is 5.92 Å². The second-order valence-electron chi connectivity index (χ2n) is 8.29. The van der Waals surface area contributed by atoms with Crippen LogP contribution in [-0.2, 0) is 11.3 Å². The number of amides is 2. The average Bonchev–Trinajstić information content (AvgIpc) is 3.30. The molecule has 3 heterocycles. The van der Waals surface area contributed by atoms with Gasteiger partial charge in [-0.1, -0.05) is 23.2 Å². The number of nitrogens with zero attached hydrogens (tertiary/aromatic N) is 4. The zero-order valence-corrected chi connectivity index (χ0v) is 20.5. The maximum Gasteiger partial charge on any atom is 0.262 e. The van der Waals surface area contributed by atoms with E-state index in [1.54, 1.807) is 36.2 Å². The molecule has 0 saturated carbocycles. The molecule has 1 aliphatic heterocycles. The number of thiophene rings is 1. The van der Waals surface area contributed by atoms with Crippen LogP contribution in [0.25, 0.3) is 10.2 Å². The maximum absolute atomic E-state index is 12.7. The van der Waals surface area contributed by atoms with Gasteiger partial charge in [0.25, 0.3) is 11.5 Å². The summed E-state index contributed by atoms with van der Waals surface area (Å²) in [7, 11) is 1.78. The first-order valence-corrected chi connectivity index (χ1v) is 12.4. The molecule has 1 aromatic carbocycles. The van der Waals surface area contributed by atoms with Gasteiger partial charge in [0.1, 0.15) is 11.4 Å². The minimum atomic E-state index is -0.181. The van der Waals surface area contributed by atoms with Crippen molar-refractivity contribution in [3.05, 3.63) is 61.9 Å². The van der Waals surface area contributed by atoms with Gasteiger partial charge in [-0.2, -0.15) is 0 Å². The summed E-state index contributed by atoms with van der Waals surface area (Å²) in [6.07, 6.45) is 4.06. The Bertz CT molecular complexity index is 1230. The van der Waals surface area contributed by atoms with Crippen molar-refractivity contribution in [3.8, 4) is 0 Å². The lowest BCUT2D eigenvalue weighted by molar-refractivity contribution is -0.133. The van der Waals surface area contributed by atoms with Crippen LogP contribution in [-0.4, -0.2) is 57.8 Å². The molecule has 2 aromatic heterocycles. The molecule has 1 saturated heterocycles. The summed E-state index contributed by atoms with van der Waals surface area (Å²) in [5.74, 6) is 0.270. The summed E-state index contributed by atoms with van der Waals surface area (Å²) < 4.78 is 1.38. The highest BCUT2D eigenvalue weighted by molar-refractivity contribution is 7.16. The number of hydrogen-bond donors (Lipinski definition) is 0. The smallest absolute Gasteiger partial charge is 0.262 e. The third-order valence-corrected chi connectivity index (χ3v) is 7.67. The Morgan fingerprint density at radius 1 is 1.18 bits per heavy atom. The van der Waals surface area contributed by atoms with Crippen molar-refractivity contribution in [2.45, 2.75) is 25.8 Å². The number of piperidine rings is 1. The molecule has 0 spiro atoms. The largest absolute Gasteiger partial charge is 0.342 e. The molecule has 33 heavy (non-hydrogen) atoms. The first-order chi connectivity index (χ1) is 15.8. The molecule has 1 fully saturated rings. The third kappa shape index (κ3) is 5.39. The van der Waals surface area contributed by atoms with Crippen LogP contribution in [0.3, 0.4) is 0 Å². The van der Waals surface area contributed by atoms with E-state index in [1.807, 2.05) is 10.3 Å². The monoisotopic (exact) mass is 506 g/mol. The van der Waals surface area contributed by atoms with Gasteiger partial charge in [-0.25, -0.2) is 4.98 Å². The molecule has 7 nitrogen and oxygen atoms in total. The zero-order valence-electron chi connectivity index (χ0n) is 18.2. The summed E-state index contributed by atoms with van der Waals surface area (Å²) in [5, 5.41) is 3.16. The fraction of sp³-hybridized carbons (Fsp3) is 0.391. The summed E-state index contributed by atoms with van der Waals surface area (Å²) in [5.41, 5.74) is 0.330. The molecule has 0 N–H and O–H groups in total. The Hall–Kier alpha value is -2.42. The van der Waals surface area contributed by atoms with Crippen LogP contribution in [0.1, 0.15) is 29.6 Å². The molecule has 0 aliphatic carbocycles. The van der Waals surface area contributed by atoms with E-state index in [4.69, 9.17) is 23.2 Å². The van der Waals surface area contributed by atoms with Crippen LogP contribution in [0, 0.1) is 5.92 Å².